The molecule has 1 heterocycles. The zero-order chi connectivity index (χ0) is 19.9. The fraction of sp³-hybridized carbons (Fsp3) is 0.250. The van der Waals surface area contributed by atoms with Gasteiger partial charge in [-0.25, -0.2) is 0 Å². The summed E-state index contributed by atoms with van der Waals surface area (Å²) in [6.45, 7) is 1.79. The molecule has 0 spiro atoms. The van der Waals surface area contributed by atoms with E-state index < -0.39 is 0 Å². The highest BCUT2D eigenvalue weighted by Gasteiger charge is 2.33. The van der Waals surface area contributed by atoms with Crippen molar-refractivity contribution >= 4 is 11.6 Å². The second-order valence-electron chi connectivity index (χ2n) is 6.88. The van der Waals surface area contributed by atoms with Gasteiger partial charge in [0.1, 0.15) is 0 Å². The topological polar surface area (TPSA) is 36.9 Å². The molecule has 3 aromatic rings. The van der Waals surface area contributed by atoms with Crippen LogP contribution in [0.3, 0.4) is 0 Å². The number of benzene rings is 3. The molecule has 0 bridgehead atoms. The predicted molar refractivity (Wildman–Crippen MR) is 112 cm³/mol. The van der Waals surface area contributed by atoms with E-state index in [1.165, 1.54) is 0 Å². The van der Waals surface area contributed by atoms with Crippen molar-refractivity contribution in [3.63, 3.8) is 0 Å². The van der Waals surface area contributed by atoms with Gasteiger partial charge < -0.3 is 18.9 Å². The molecule has 0 aromatic heterocycles. The quantitative estimate of drug-likeness (QED) is 0.506. The largest absolute Gasteiger partial charge is 0.480 e. The first-order valence-corrected chi connectivity index (χ1v) is 10.0. The summed E-state index contributed by atoms with van der Waals surface area (Å²) in [7, 11) is 0. The van der Waals surface area contributed by atoms with Crippen LogP contribution in [0.2, 0.25) is 5.02 Å². The van der Waals surface area contributed by atoms with E-state index >= 15 is 0 Å². The molecule has 29 heavy (non-hydrogen) atoms. The summed E-state index contributed by atoms with van der Waals surface area (Å²) in [5.41, 5.74) is 2.23. The lowest BCUT2D eigenvalue weighted by Gasteiger charge is -2.34. The second-order valence-corrected chi connectivity index (χ2v) is 7.29. The Morgan fingerprint density at radius 3 is 1.79 bits per heavy atom. The van der Waals surface area contributed by atoms with Crippen LogP contribution in [0.4, 0.5) is 0 Å². The van der Waals surface area contributed by atoms with Crippen LogP contribution in [0.5, 0.6) is 11.5 Å². The van der Waals surface area contributed by atoms with Gasteiger partial charge in [-0.2, -0.15) is 0 Å². The van der Waals surface area contributed by atoms with E-state index in [-0.39, 0.29) is 12.2 Å². The van der Waals surface area contributed by atoms with Crippen LogP contribution in [-0.4, -0.2) is 25.4 Å². The zero-order valence-corrected chi connectivity index (χ0v) is 16.8. The maximum atomic E-state index is 6.29. The number of ether oxygens (including phenoxy) is 4. The molecule has 1 aliphatic rings. The maximum absolute atomic E-state index is 6.29. The first kappa shape index (κ1) is 19.8. The van der Waals surface area contributed by atoms with E-state index in [1.807, 2.05) is 72.8 Å². The number of hydrogen-bond acceptors (Lipinski definition) is 4. The Morgan fingerprint density at radius 2 is 1.21 bits per heavy atom. The van der Waals surface area contributed by atoms with Crippen LogP contribution in [0.15, 0.2) is 78.9 Å². The lowest BCUT2D eigenvalue weighted by atomic mass is 10.1. The molecule has 150 valence electrons. The third-order valence-electron chi connectivity index (χ3n) is 4.68. The van der Waals surface area contributed by atoms with Crippen molar-refractivity contribution in [2.24, 2.45) is 0 Å². The van der Waals surface area contributed by atoms with E-state index in [9.17, 15) is 0 Å². The van der Waals surface area contributed by atoms with Gasteiger partial charge in [-0.15, -0.1) is 0 Å². The standard InChI is InChI=1S/C24H23ClO4/c25-20-12-7-13-21-24(20)29-23(17-27-15-19-10-5-2-6-11-19)22(28-21)16-26-14-18-8-3-1-4-9-18/h1-13,22-23H,14-17H2/t22-,23-/m1/s1. The van der Waals surface area contributed by atoms with Crippen molar-refractivity contribution in [1.82, 2.24) is 0 Å². The first-order chi connectivity index (χ1) is 14.3. The van der Waals surface area contributed by atoms with Crippen LogP contribution in [0.1, 0.15) is 11.1 Å². The van der Waals surface area contributed by atoms with Crippen molar-refractivity contribution in [1.29, 1.82) is 0 Å². The van der Waals surface area contributed by atoms with Crippen LogP contribution in [0, 0.1) is 0 Å². The second kappa shape index (κ2) is 9.79. The van der Waals surface area contributed by atoms with Gasteiger partial charge in [0.15, 0.2) is 23.7 Å². The summed E-state index contributed by atoms with van der Waals surface area (Å²) in [5, 5.41) is 0.527. The average Bonchev–Trinajstić information content (AvgIpc) is 2.76. The van der Waals surface area contributed by atoms with E-state index in [2.05, 4.69) is 0 Å². The molecule has 0 radical (unpaired) electrons. The monoisotopic (exact) mass is 410 g/mol. The van der Waals surface area contributed by atoms with Gasteiger partial charge in [0.05, 0.1) is 31.5 Å². The van der Waals surface area contributed by atoms with Gasteiger partial charge in [-0.1, -0.05) is 78.3 Å². The third kappa shape index (κ3) is 5.30. The summed E-state index contributed by atoms with van der Waals surface area (Å²) < 4.78 is 24.1. The molecule has 4 nitrogen and oxygen atoms in total. The predicted octanol–water partition coefficient (Wildman–Crippen LogP) is 5.28. The molecule has 0 amide bonds. The average molecular weight is 411 g/mol. The fourth-order valence-electron chi connectivity index (χ4n) is 3.18. The molecule has 3 aromatic carbocycles. The van der Waals surface area contributed by atoms with Crippen LogP contribution < -0.4 is 9.47 Å². The molecule has 0 N–H and O–H groups in total. The first-order valence-electron chi connectivity index (χ1n) is 9.65. The zero-order valence-electron chi connectivity index (χ0n) is 16.0. The van der Waals surface area contributed by atoms with Gasteiger partial charge in [0.25, 0.3) is 0 Å². The van der Waals surface area contributed by atoms with Gasteiger partial charge in [0, 0.05) is 0 Å². The summed E-state index contributed by atoms with van der Waals surface area (Å²) in [6, 6.07) is 25.6. The molecule has 0 aliphatic carbocycles. The Balaban J connectivity index is 1.39. The van der Waals surface area contributed by atoms with Crippen LogP contribution >= 0.6 is 11.6 Å². The number of rotatable bonds is 8. The Morgan fingerprint density at radius 1 is 0.655 bits per heavy atom. The summed E-state index contributed by atoms with van der Waals surface area (Å²) in [6.07, 6.45) is -0.609. The lowest BCUT2D eigenvalue weighted by molar-refractivity contribution is -0.0714. The van der Waals surface area contributed by atoms with Crippen molar-refractivity contribution in [2.75, 3.05) is 13.2 Å². The molecule has 1 aliphatic heterocycles. The van der Waals surface area contributed by atoms with Gasteiger partial charge in [-0.05, 0) is 23.3 Å². The van der Waals surface area contributed by atoms with Gasteiger partial charge >= 0.3 is 0 Å². The van der Waals surface area contributed by atoms with Crippen LogP contribution in [0.25, 0.3) is 0 Å². The molecule has 2 atom stereocenters. The number of hydrogen-bond donors (Lipinski definition) is 0. The summed E-state index contributed by atoms with van der Waals surface area (Å²) in [4.78, 5) is 0. The van der Waals surface area contributed by atoms with Crippen molar-refractivity contribution < 1.29 is 18.9 Å². The fourth-order valence-corrected chi connectivity index (χ4v) is 3.39. The van der Waals surface area contributed by atoms with Crippen LogP contribution in [-0.2, 0) is 22.7 Å². The molecule has 0 saturated heterocycles. The minimum Gasteiger partial charge on any atom is -0.480 e. The Kier molecular flexibility index (Phi) is 6.67. The van der Waals surface area contributed by atoms with E-state index in [0.717, 1.165) is 11.1 Å². The molecule has 5 heteroatoms. The smallest absolute Gasteiger partial charge is 0.180 e. The lowest BCUT2D eigenvalue weighted by Crippen LogP contribution is -2.45. The normalized spacial score (nSPS) is 17.8. The van der Waals surface area contributed by atoms with Crippen molar-refractivity contribution in [3.05, 3.63) is 95.0 Å². The highest BCUT2D eigenvalue weighted by molar-refractivity contribution is 6.32. The van der Waals surface area contributed by atoms with Crippen molar-refractivity contribution in [2.45, 2.75) is 25.4 Å². The summed E-state index contributed by atoms with van der Waals surface area (Å²) in [5.74, 6) is 1.19. The number of halogens is 1. The Labute approximate surface area is 175 Å². The number of para-hydroxylation sites is 1. The van der Waals surface area contributed by atoms with Gasteiger partial charge in [0.2, 0.25) is 0 Å². The Hall–Kier alpha value is -2.53. The minimum absolute atomic E-state index is 0.291. The SMILES string of the molecule is Clc1cccc2c1O[C@H](COCc1ccccc1)[C@@H](COCc1ccccc1)O2. The molecule has 0 unspecified atom stereocenters. The van der Waals surface area contributed by atoms with E-state index in [4.69, 9.17) is 30.5 Å². The molecular weight excluding hydrogens is 388 g/mol. The van der Waals surface area contributed by atoms with E-state index in [1.54, 1.807) is 6.07 Å². The minimum atomic E-state index is -0.318. The van der Waals surface area contributed by atoms with Crippen molar-refractivity contribution in [3.8, 4) is 11.5 Å². The van der Waals surface area contributed by atoms with E-state index in [0.29, 0.717) is 42.9 Å². The molecule has 4 rings (SSSR count). The third-order valence-corrected chi connectivity index (χ3v) is 4.98. The highest BCUT2D eigenvalue weighted by atomic mass is 35.5. The maximum Gasteiger partial charge on any atom is 0.180 e. The summed E-state index contributed by atoms with van der Waals surface area (Å²) >= 11 is 6.29. The number of fused-ring (bicyclic) bond motifs is 1. The molecular formula is C24H23ClO4. The van der Waals surface area contributed by atoms with Gasteiger partial charge in [-0.3, -0.25) is 0 Å². The highest BCUT2D eigenvalue weighted by Crippen LogP contribution is 2.40. The molecule has 0 saturated carbocycles. The Bertz CT molecular complexity index is 901. The molecule has 0 fully saturated rings.